The summed E-state index contributed by atoms with van der Waals surface area (Å²) in [6.45, 7) is 14.4. The summed E-state index contributed by atoms with van der Waals surface area (Å²) in [5.41, 5.74) is 4.89. The smallest absolute Gasteiger partial charge is 0.222 e. The summed E-state index contributed by atoms with van der Waals surface area (Å²) in [6, 6.07) is 7.54. The number of nitrogens with one attached hydrogen (secondary N) is 3. The number of hydrogen-bond acceptors (Lipinski definition) is 9. The number of hydrogen-bond donors (Lipinski definition) is 3. The van der Waals surface area contributed by atoms with Crippen molar-refractivity contribution in [1.29, 1.82) is 0 Å². The fourth-order valence-corrected chi connectivity index (χ4v) is 5.10. The average molecular weight is 561 g/mol. The van der Waals surface area contributed by atoms with Crippen LogP contribution in [0.3, 0.4) is 0 Å². The van der Waals surface area contributed by atoms with E-state index in [0.717, 1.165) is 88.9 Å². The van der Waals surface area contributed by atoms with Crippen LogP contribution in [-0.2, 0) is 19.4 Å². The summed E-state index contributed by atoms with van der Waals surface area (Å²) in [5, 5.41) is 10.2. The van der Waals surface area contributed by atoms with E-state index in [1.54, 1.807) is 0 Å². The van der Waals surface area contributed by atoms with E-state index < -0.39 is 0 Å². The van der Waals surface area contributed by atoms with Crippen LogP contribution in [0.2, 0.25) is 0 Å². The second-order valence-corrected chi connectivity index (χ2v) is 10.9. The predicted molar refractivity (Wildman–Crippen MR) is 167 cm³/mol. The Bertz CT molecular complexity index is 1160. The lowest BCUT2D eigenvalue weighted by molar-refractivity contribution is 0.210. The van der Waals surface area contributed by atoms with Gasteiger partial charge in [-0.25, -0.2) is 19.9 Å². The SMILES string of the molecule is CCOc1cc(CN2CCC(Nc3ncc(CC)cn3)CC2)ccc1C.CCc1cnc(NC2CCNCC2)nc1. The Labute approximate surface area is 246 Å². The molecule has 2 aliphatic rings. The highest BCUT2D eigenvalue weighted by atomic mass is 16.5. The second-order valence-electron chi connectivity index (χ2n) is 10.9. The second kappa shape index (κ2) is 16.2. The van der Waals surface area contributed by atoms with Gasteiger partial charge in [0.05, 0.1) is 6.61 Å². The first kappa shape index (κ1) is 30.7. The number of piperidine rings is 2. The lowest BCUT2D eigenvalue weighted by atomic mass is 10.0. The van der Waals surface area contributed by atoms with Gasteiger partial charge in [-0.1, -0.05) is 26.0 Å². The fourth-order valence-electron chi connectivity index (χ4n) is 5.10. The number of aryl methyl sites for hydroxylation is 3. The van der Waals surface area contributed by atoms with Crippen LogP contribution in [-0.4, -0.2) is 69.7 Å². The average Bonchev–Trinajstić information content (AvgIpc) is 3.01. The third-order valence-corrected chi connectivity index (χ3v) is 7.78. The van der Waals surface area contributed by atoms with Crippen molar-refractivity contribution >= 4 is 11.9 Å². The van der Waals surface area contributed by atoms with E-state index >= 15 is 0 Å². The topological polar surface area (TPSA) is 100 Å². The lowest BCUT2D eigenvalue weighted by Crippen LogP contribution is -2.39. The molecule has 0 saturated carbocycles. The molecule has 5 rings (SSSR count). The number of anilines is 2. The number of nitrogens with zero attached hydrogens (tertiary/aromatic N) is 5. The molecule has 2 aromatic heterocycles. The Morgan fingerprint density at radius 3 is 1.83 bits per heavy atom. The molecule has 0 bridgehead atoms. The summed E-state index contributed by atoms with van der Waals surface area (Å²) in [7, 11) is 0. The lowest BCUT2D eigenvalue weighted by Gasteiger charge is -2.32. The minimum absolute atomic E-state index is 0.454. The van der Waals surface area contributed by atoms with Crippen LogP contribution < -0.4 is 20.7 Å². The highest BCUT2D eigenvalue weighted by molar-refractivity contribution is 5.36. The standard InChI is InChI=1S/C21H30N4O.C11H18N4/c1-4-17-13-22-21(23-14-17)24-19-8-10-25(11-9-19)15-18-7-6-16(3)20(12-18)26-5-2;1-2-9-7-13-11(14-8-9)15-10-3-5-12-6-4-10/h6-7,12-14,19H,4-5,8-11,15H2,1-3H3,(H,22,23,24);7-8,10,12H,2-6H2,1H3,(H,13,14,15). The number of likely N-dealkylation sites (tertiary alicyclic amines) is 1. The molecule has 2 fully saturated rings. The molecule has 0 aliphatic carbocycles. The van der Waals surface area contributed by atoms with Gasteiger partial charge >= 0.3 is 0 Å². The Morgan fingerprint density at radius 1 is 0.780 bits per heavy atom. The highest BCUT2D eigenvalue weighted by Gasteiger charge is 2.20. The van der Waals surface area contributed by atoms with E-state index in [-0.39, 0.29) is 0 Å². The van der Waals surface area contributed by atoms with Crippen molar-refractivity contribution in [1.82, 2.24) is 30.2 Å². The van der Waals surface area contributed by atoms with Crippen molar-refractivity contribution in [2.24, 2.45) is 0 Å². The van der Waals surface area contributed by atoms with E-state index in [0.29, 0.717) is 18.7 Å². The van der Waals surface area contributed by atoms with E-state index in [1.807, 2.05) is 31.7 Å². The quantitative estimate of drug-likeness (QED) is 0.315. The molecule has 0 radical (unpaired) electrons. The molecule has 0 spiro atoms. The molecule has 0 amide bonds. The van der Waals surface area contributed by atoms with Gasteiger partial charge in [-0.15, -0.1) is 0 Å². The Kier molecular flexibility index (Phi) is 12.1. The third kappa shape index (κ3) is 9.93. The largest absolute Gasteiger partial charge is 0.494 e. The van der Waals surface area contributed by atoms with Crippen LogP contribution in [0.5, 0.6) is 5.75 Å². The Morgan fingerprint density at radius 2 is 1.32 bits per heavy atom. The number of aromatic nitrogens is 4. The van der Waals surface area contributed by atoms with Crippen molar-refractivity contribution in [2.75, 3.05) is 43.4 Å². The van der Waals surface area contributed by atoms with E-state index in [2.05, 4.69) is 79.8 Å². The highest BCUT2D eigenvalue weighted by Crippen LogP contribution is 2.22. The predicted octanol–water partition coefficient (Wildman–Crippen LogP) is 5.03. The molecule has 41 heavy (non-hydrogen) atoms. The molecule has 9 nitrogen and oxygen atoms in total. The van der Waals surface area contributed by atoms with Crippen molar-refractivity contribution < 1.29 is 4.74 Å². The third-order valence-electron chi connectivity index (χ3n) is 7.78. The summed E-state index contributed by atoms with van der Waals surface area (Å²) in [4.78, 5) is 19.9. The van der Waals surface area contributed by atoms with Gasteiger partial charge in [-0.2, -0.15) is 0 Å². The normalized spacial score (nSPS) is 16.5. The monoisotopic (exact) mass is 560 g/mol. The van der Waals surface area contributed by atoms with E-state index in [4.69, 9.17) is 4.74 Å². The van der Waals surface area contributed by atoms with Crippen LogP contribution in [0.1, 0.15) is 68.7 Å². The number of rotatable bonds is 10. The van der Waals surface area contributed by atoms with E-state index in [9.17, 15) is 0 Å². The van der Waals surface area contributed by atoms with Gasteiger partial charge in [-0.3, -0.25) is 4.90 Å². The van der Waals surface area contributed by atoms with Crippen molar-refractivity contribution in [3.8, 4) is 5.75 Å². The minimum atomic E-state index is 0.454. The zero-order chi connectivity index (χ0) is 28.9. The Balaban J connectivity index is 0.000000218. The molecule has 9 heteroatoms. The van der Waals surface area contributed by atoms with Crippen molar-refractivity contribution in [2.45, 2.75) is 84.8 Å². The van der Waals surface area contributed by atoms with Gasteiger partial charge in [0.25, 0.3) is 0 Å². The molecule has 1 aromatic carbocycles. The maximum absolute atomic E-state index is 5.72. The van der Waals surface area contributed by atoms with Gasteiger partial charge in [-0.05, 0) is 93.8 Å². The maximum Gasteiger partial charge on any atom is 0.222 e. The zero-order valence-electron chi connectivity index (χ0n) is 25.3. The summed E-state index contributed by atoms with van der Waals surface area (Å²) >= 11 is 0. The van der Waals surface area contributed by atoms with Crippen LogP contribution in [0, 0.1) is 6.92 Å². The van der Waals surface area contributed by atoms with Gasteiger partial charge in [0, 0.05) is 56.5 Å². The molecule has 222 valence electrons. The first-order chi connectivity index (χ1) is 20.1. The van der Waals surface area contributed by atoms with Crippen LogP contribution in [0.15, 0.2) is 43.0 Å². The molecule has 4 heterocycles. The molecule has 0 atom stereocenters. The molecule has 2 saturated heterocycles. The Hall–Kier alpha value is -3.30. The van der Waals surface area contributed by atoms with Gasteiger partial charge in [0.15, 0.2) is 0 Å². The fraction of sp³-hybridized carbons (Fsp3) is 0.562. The summed E-state index contributed by atoms with van der Waals surface area (Å²) < 4.78 is 5.72. The molecule has 3 N–H and O–H groups in total. The van der Waals surface area contributed by atoms with Crippen molar-refractivity contribution in [3.63, 3.8) is 0 Å². The maximum atomic E-state index is 5.72. The summed E-state index contributed by atoms with van der Waals surface area (Å²) in [6.07, 6.45) is 14.1. The van der Waals surface area contributed by atoms with Gasteiger partial charge in [0.2, 0.25) is 11.9 Å². The van der Waals surface area contributed by atoms with Crippen LogP contribution in [0.4, 0.5) is 11.9 Å². The first-order valence-corrected chi connectivity index (χ1v) is 15.4. The van der Waals surface area contributed by atoms with Crippen LogP contribution >= 0.6 is 0 Å². The number of ether oxygens (including phenoxy) is 1. The zero-order valence-corrected chi connectivity index (χ0v) is 25.3. The summed E-state index contributed by atoms with van der Waals surface area (Å²) in [5.74, 6) is 2.52. The van der Waals surface area contributed by atoms with Gasteiger partial charge < -0.3 is 20.7 Å². The van der Waals surface area contributed by atoms with Crippen LogP contribution in [0.25, 0.3) is 0 Å². The van der Waals surface area contributed by atoms with Crippen molar-refractivity contribution in [3.05, 3.63) is 65.2 Å². The van der Waals surface area contributed by atoms with Gasteiger partial charge in [0.1, 0.15) is 5.75 Å². The molecule has 3 aromatic rings. The van der Waals surface area contributed by atoms with E-state index in [1.165, 1.54) is 22.3 Å². The molecule has 2 aliphatic heterocycles. The molecular formula is C32H48N8O. The molecular weight excluding hydrogens is 512 g/mol. The first-order valence-electron chi connectivity index (χ1n) is 15.4. The minimum Gasteiger partial charge on any atom is -0.494 e. The number of benzene rings is 1. The molecule has 0 unspecified atom stereocenters.